The van der Waals surface area contributed by atoms with Gasteiger partial charge in [0.15, 0.2) is 6.61 Å². The number of nitrogens with one attached hydrogen (secondary N) is 1. The number of rotatable bonds is 5. The fourth-order valence-corrected chi connectivity index (χ4v) is 1.32. The molecule has 1 aromatic carbocycles. The molecular formula is C12H16N2O3. The quantitative estimate of drug-likeness (QED) is 0.576. The van der Waals surface area contributed by atoms with Crippen molar-refractivity contribution in [3.63, 3.8) is 0 Å². The van der Waals surface area contributed by atoms with Gasteiger partial charge in [0, 0.05) is 12.2 Å². The van der Waals surface area contributed by atoms with Gasteiger partial charge < -0.3 is 15.8 Å². The van der Waals surface area contributed by atoms with Crippen molar-refractivity contribution in [3.05, 3.63) is 29.8 Å². The van der Waals surface area contributed by atoms with Crippen molar-refractivity contribution < 1.29 is 14.3 Å². The van der Waals surface area contributed by atoms with Crippen LogP contribution in [0.1, 0.15) is 12.5 Å². The number of anilines is 1. The maximum atomic E-state index is 11.4. The van der Waals surface area contributed by atoms with Crippen LogP contribution in [0.4, 0.5) is 5.69 Å². The van der Waals surface area contributed by atoms with Gasteiger partial charge in [0.2, 0.25) is 0 Å². The summed E-state index contributed by atoms with van der Waals surface area (Å²) in [6, 6.07) is 6.99. The monoisotopic (exact) mass is 236 g/mol. The van der Waals surface area contributed by atoms with Crippen LogP contribution in [0, 0.1) is 0 Å². The molecule has 3 N–H and O–H groups in total. The zero-order valence-electron chi connectivity index (χ0n) is 9.73. The van der Waals surface area contributed by atoms with Gasteiger partial charge in [-0.1, -0.05) is 12.1 Å². The van der Waals surface area contributed by atoms with E-state index in [2.05, 4.69) is 5.32 Å². The molecule has 0 fully saturated rings. The lowest BCUT2D eigenvalue weighted by Crippen LogP contribution is -2.28. The van der Waals surface area contributed by atoms with Crippen LogP contribution in [0.15, 0.2) is 24.3 Å². The third-order valence-corrected chi connectivity index (χ3v) is 2.04. The highest BCUT2D eigenvalue weighted by Crippen LogP contribution is 2.07. The van der Waals surface area contributed by atoms with E-state index >= 15 is 0 Å². The van der Waals surface area contributed by atoms with Crippen molar-refractivity contribution in [2.45, 2.75) is 13.3 Å². The molecule has 0 atom stereocenters. The smallest absolute Gasteiger partial charge is 0.310 e. The van der Waals surface area contributed by atoms with Crippen molar-refractivity contribution in [1.29, 1.82) is 0 Å². The molecule has 92 valence electrons. The van der Waals surface area contributed by atoms with Gasteiger partial charge in [-0.15, -0.1) is 0 Å². The summed E-state index contributed by atoms with van der Waals surface area (Å²) in [5.41, 5.74) is 6.95. The standard InChI is InChI=1S/C12H16N2O3/c1-2-14-11(15)8-17-12(16)7-9-4-3-5-10(13)6-9/h3-6H,2,7-8,13H2,1H3,(H,14,15). The summed E-state index contributed by atoms with van der Waals surface area (Å²) in [6.45, 7) is 2.08. The van der Waals surface area contributed by atoms with Crippen LogP contribution in [0.3, 0.4) is 0 Å². The molecule has 0 aromatic heterocycles. The van der Waals surface area contributed by atoms with E-state index in [1.165, 1.54) is 0 Å². The SMILES string of the molecule is CCNC(=O)COC(=O)Cc1cccc(N)c1. The van der Waals surface area contributed by atoms with Crippen molar-refractivity contribution in [2.75, 3.05) is 18.9 Å². The first kappa shape index (κ1) is 13.0. The van der Waals surface area contributed by atoms with Crippen molar-refractivity contribution in [1.82, 2.24) is 5.32 Å². The lowest BCUT2D eigenvalue weighted by Gasteiger charge is -2.05. The Kier molecular flexibility index (Phi) is 5.00. The minimum Gasteiger partial charge on any atom is -0.455 e. The van der Waals surface area contributed by atoms with Gasteiger partial charge in [-0.3, -0.25) is 9.59 Å². The van der Waals surface area contributed by atoms with Gasteiger partial charge in [0.05, 0.1) is 6.42 Å². The highest BCUT2D eigenvalue weighted by molar-refractivity contribution is 5.81. The Morgan fingerprint density at radius 2 is 2.18 bits per heavy atom. The number of carbonyl (C=O) groups is 2. The van der Waals surface area contributed by atoms with Crippen LogP contribution in [0.5, 0.6) is 0 Å². The maximum Gasteiger partial charge on any atom is 0.310 e. The van der Waals surface area contributed by atoms with Gasteiger partial charge in [-0.25, -0.2) is 0 Å². The summed E-state index contributed by atoms with van der Waals surface area (Å²) < 4.78 is 4.81. The molecule has 0 aliphatic rings. The Labute approximate surface area is 99.9 Å². The van der Waals surface area contributed by atoms with Gasteiger partial charge in [-0.2, -0.15) is 0 Å². The first-order valence-corrected chi connectivity index (χ1v) is 5.38. The van der Waals surface area contributed by atoms with Gasteiger partial charge in [0.25, 0.3) is 5.91 Å². The number of hydrogen-bond acceptors (Lipinski definition) is 4. The number of likely N-dealkylation sites (N-methyl/N-ethyl adjacent to an activating group) is 1. The number of nitrogens with two attached hydrogens (primary N) is 1. The number of amides is 1. The zero-order valence-corrected chi connectivity index (χ0v) is 9.73. The van der Waals surface area contributed by atoms with Gasteiger partial charge >= 0.3 is 5.97 Å². The molecule has 0 saturated carbocycles. The highest BCUT2D eigenvalue weighted by Gasteiger charge is 2.07. The molecule has 0 unspecified atom stereocenters. The topological polar surface area (TPSA) is 81.4 Å². The Morgan fingerprint density at radius 1 is 1.41 bits per heavy atom. The van der Waals surface area contributed by atoms with Crippen LogP contribution in [0.25, 0.3) is 0 Å². The second-order valence-corrected chi connectivity index (χ2v) is 3.54. The van der Waals surface area contributed by atoms with E-state index in [-0.39, 0.29) is 18.9 Å². The number of ether oxygens (including phenoxy) is 1. The fraction of sp³-hybridized carbons (Fsp3) is 0.333. The van der Waals surface area contributed by atoms with Gasteiger partial charge in [-0.05, 0) is 24.6 Å². The molecule has 5 nitrogen and oxygen atoms in total. The number of carbonyl (C=O) groups excluding carboxylic acids is 2. The molecule has 17 heavy (non-hydrogen) atoms. The predicted molar refractivity (Wildman–Crippen MR) is 64.2 cm³/mol. The van der Waals surface area contributed by atoms with Gasteiger partial charge in [0.1, 0.15) is 0 Å². The lowest BCUT2D eigenvalue weighted by molar-refractivity contribution is -0.147. The summed E-state index contributed by atoms with van der Waals surface area (Å²) in [4.78, 5) is 22.4. The Balaban J connectivity index is 2.37. The molecule has 0 saturated heterocycles. The lowest BCUT2D eigenvalue weighted by atomic mass is 10.1. The number of benzene rings is 1. The maximum absolute atomic E-state index is 11.4. The first-order chi connectivity index (χ1) is 8.11. The minimum absolute atomic E-state index is 0.116. The van der Waals surface area contributed by atoms with Crippen LogP contribution in [0.2, 0.25) is 0 Å². The molecular weight excluding hydrogens is 220 g/mol. The average molecular weight is 236 g/mol. The Bertz CT molecular complexity index is 404. The molecule has 1 amide bonds. The molecule has 5 heteroatoms. The zero-order chi connectivity index (χ0) is 12.7. The van der Waals surface area contributed by atoms with E-state index in [9.17, 15) is 9.59 Å². The van der Waals surface area contributed by atoms with E-state index in [1.54, 1.807) is 31.2 Å². The largest absolute Gasteiger partial charge is 0.455 e. The normalized spacial score (nSPS) is 9.71. The average Bonchev–Trinajstić information content (AvgIpc) is 2.27. The number of nitrogen functional groups attached to an aromatic ring is 1. The summed E-state index contributed by atoms with van der Waals surface area (Å²) in [6.07, 6.45) is 0.116. The van der Waals surface area contributed by atoms with Crippen LogP contribution in [-0.4, -0.2) is 25.0 Å². The van der Waals surface area contributed by atoms with E-state index in [0.717, 1.165) is 5.56 Å². The highest BCUT2D eigenvalue weighted by atomic mass is 16.5. The molecule has 1 rings (SSSR count). The molecule has 0 heterocycles. The summed E-state index contributed by atoms with van der Waals surface area (Å²) in [5.74, 6) is -0.740. The fourth-order valence-electron chi connectivity index (χ4n) is 1.32. The Hall–Kier alpha value is -2.04. The second-order valence-electron chi connectivity index (χ2n) is 3.54. The van der Waals surface area contributed by atoms with E-state index in [0.29, 0.717) is 12.2 Å². The predicted octanol–water partition coefficient (Wildman–Crippen LogP) is 0.491. The van der Waals surface area contributed by atoms with Crippen molar-refractivity contribution in [3.8, 4) is 0 Å². The minimum atomic E-state index is -0.443. The molecule has 0 spiro atoms. The van der Waals surface area contributed by atoms with Crippen molar-refractivity contribution >= 4 is 17.6 Å². The van der Waals surface area contributed by atoms with E-state index in [1.807, 2.05) is 0 Å². The second kappa shape index (κ2) is 6.52. The van der Waals surface area contributed by atoms with Crippen LogP contribution >= 0.6 is 0 Å². The third kappa shape index (κ3) is 5.01. The summed E-state index contributed by atoms with van der Waals surface area (Å²) in [7, 11) is 0. The summed E-state index contributed by atoms with van der Waals surface area (Å²) in [5, 5.41) is 2.54. The first-order valence-electron chi connectivity index (χ1n) is 5.38. The molecule has 0 radical (unpaired) electrons. The van der Waals surface area contributed by atoms with Crippen LogP contribution < -0.4 is 11.1 Å². The molecule has 0 bridgehead atoms. The van der Waals surface area contributed by atoms with E-state index in [4.69, 9.17) is 10.5 Å². The Morgan fingerprint density at radius 3 is 2.82 bits per heavy atom. The van der Waals surface area contributed by atoms with Crippen molar-refractivity contribution in [2.24, 2.45) is 0 Å². The summed E-state index contributed by atoms with van der Waals surface area (Å²) >= 11 is 0. The number of hydrogen-bond donors (Lipinski definition) is 2. The number of esters is 1. The molecule has 0 aliphatic carbocycles. The van der Waals surface area contributed by atoms with Crippen LogP contribution in [-0.2, 0) is 20.7 Å². The third-order valence-electron chi connectivity index (χ3n) is 2.04. The molecule has 0 aliphatic heterocycles. The van der Waals surface area contributed by atoms with E-state index < -0.39 is 5.97 Å². The molecule has 1 aromatic rings.